The van der Waals surface area contributed by atoms with Crippen LogP contribution in [0.2, 0.25) is 0 Å². The summed E-state index contributed by atoms with van der Waals surface area (Å²) in [6.07, 6.45) is 0.956. The quantitative estimate of drug-likeness (QED) is 0.851. The molecule has 0 atom stereocenters. The predicted octanol–water partition coefficient (Wildman–Crippen LogP) is 2.06. The number of carbonyl (C=O) groups is 1. The summed E-state index contributed by atoms with van der Waals surface area (Å²) in [6, 6.07) is 2.82. The molecular weight excluding hydrogens is 277 g/mol. The first-order chi connectivity index (χ1) is 10.1. The maximum Gasteiger partial charge on any atom is 0.338 e. The van der Waals surface area contributed by atoms with Crippen LogP contribution in [0.15, 0.2) is 12.1 Å². The molecule has 2 aromatic rings. The van der Waals surface area contributed by atoms with Crippen molar-refractivity contribution in [1.29, 1.82) is 0 Å². The molecule has 0 radical (unpaired) electrons. The van der Waals surface area contributed by atoms with Gasteiger partial charge < -0.3 is 9.84 Å². The molecule has 0 saturated heterocycles. The van der Waals surface area contributed by atoms with Crippen LogP contribution >= 0.6 is 0 Å². The second-order valence-electron chi connectivity index (χ2n) is 4.50. The molecular formula is C14H16FN3O3. The van der Waals surface area contributed by atoms with Gasteiger partial charge >= 0.3 is 5.97 Å². The molecule has 21 heavy (non-hydrogen) atoms. The number of halogens is 1. The van der Waals surface area contributed by atoms with Gasteiger partial charge in [-0.1, -0.05) is 6.92 Å². The van der Waals surface area contributed by atoms with Gasteiger partial charge in [-0.3, -0.25) is 5.10 Å². The van der Waals surface area contributed by atoms with Gasteiger partial charge in [0.15, 0.2) is 5.82 Å². The topological polar surface area (TPSA) is 88.1 Å². The van der Waals surface area contributed by atoms with Gasteiger partial charge in [0.2, 0.25) is 0 Å². The highest BCUT2D eigenvalue weighted by molar-refractivity contribution is 5.89. The van der Waals surface area contributed by atoms with Gasteiger partial charge in [-0.15, -0.1) is 0 Å². The lowest BCUT2D eigenvalue weighted by Gasteiger charge is -2.06. The highest BCUT2D eigenvalue weighted by Crippen LogP contribution is 2.23. The molecule has 0 saturated carbocycles. The Labute approximate surface area is 121 Å². The number of hydrogen-bond donors (Lipinski definition) is 2. The van der Waals surface area contributed by atoms with Gasteiger partial charge in [-0.2, -0.15) is 5.10 Å². The number of hydrogen-bond acceptors (Lipinski definition) is 4. The zero-order chi connectivity index (χ0) is 15.4. The minimum atomic E-state index is -1.31. The fraction of sp³-hybridized carbons (Fsp3) is 0.357. The number of nitrogens with one attached hydrogen (secondary N) is 1. The summed E-state index contributed by atoms with van der Waals surface area (Å²) in [6.45, 7) is 2.26. The van der Waals surface area contributed by atoms with Crippen molar-refractivity contribution >= 4 is 5.97 Å². The third kappa shape index (κ3) is 3.25. The summed E-state index contributed by atoms with van der Waals surface area (Å²) in [4.78, 5) is 15.4. The molecule has 1 aromatic carbocycles. The molecule has 112 valence electrons. The number of methoxy groups -OCH3 is 1. The Kier molecular flexibility index (Phi) is 4.64. The number of aromatic carboxylic acids is 1. The van der Waals surface area contributed by atoms with E-state index in [2.05, 4.69) is 15.2 Å². The molecule has 2 rings (SSSR count). The third-order valence-corrected chi connectivity index (χ3v) is 3.09. The van der Waals surface area contributed by atoms with E-state index in [1.54, 1.807) is 20.1 Å². The molecule has 0 aliphatic rings. The van der Waals surface area contributed by atoms with Gasteiger partial charge in [0.25, 0.3) is 0 Å². The minimum Gasteiger partial charge on any atom is -0.478 e. The molecule has 0 spiro atoms. The van der Waals surface area contributed by atoms with Crippen LogP contribution in [0.3, 0.4) is 0 Å². The summed E-state index contributed by atoms with van der Waals surface area (Å²) < 4.78 is 18.9. The number of aromatic nitrogens is 3. The zero-order valence-electron chi connectivity index (χ0n) is 11.8. The Bertz CT molecular complexity index is 655. The van der Waals surface area contributed by atoms with Crippen LogP contribution in [0.25, 0.3) is 11.4 Å². The number of carboxylic acids is 1. The summed E-state index contributed by atoms with van der Waals surface area (Å²) in [5.74, 6) is -1.03. The van der Waals surface area contributed by atoms with Crippen molar-refractivity contribution in [2.24, 2.45) is 0 Å². The van der Waals surface area contributed by atoms with Gasteiger partial charge in [0.1, 0.15) is 11.6 Å². The van der Waals surface area contributed by atoms with E-state index in [0.29, 0.717) is 42.2 Å². The van der Waals surface area contributed by atoms with Crippen LogP contribution in [0, 0.1) is 5.82 Å². The minimum absolute atomic E-state index is 0.327. The van der Waals surface area contributed by atoms with E-state index in [1.807, 2.05) is 0 Å². The number of nitrogens with zero attached hydrogens (tertiary/aromatic N) is 2. The monoisotopic (exact) mass is 293 g/mol. The number of H-pyrrole nitrogens is 1. The molecule has 0 fully saturated rings. The Balaban J connectivity index is 2.41. The van der Waals surface area contributed by atoms with E-state index in [9.17, 15) is 9.18 Å². The average molecular weight is 293 g/mol. The molecule has 0 aliphatic heterocycles. The lowest BCUT2D eigenvalue weighted by molar-refractivity contribution is 0.0691. The Morgan fingerprint density at radius 2 is 2.24 bits per heavy atom. The zero-order valence-corrected chi connectivity index (χ0v) is 11.8. The molecule has 2 N–H and O–H groups in total. The maximum atomic E-state index is 13.9. The second kappa shape index (κ2) is 6.45. The van der Waals surface area contributed by atoms with Crippen molar-refractivity contribution in [3.8, 4) is 11.4 Å². The lowest BCUT2D eigenvalue weighted by atomic mass is 10.0. The molecule has 0 bridgehead atoms. The number of ether oxygens (including phenoxy) is 1. The van der Waals surface area contributed by atoms with E-state index in [1.165, 1.54) is 6.07 Å². The fourth-order valence-electron chi connectivity index (χ4n) is 1.96. The molecule has 1 heterocycles. The highest BCUT2D eigenvalue weighted by atomic mass is 19.1. The van der Waals surface area contributed by atoms with Crippen molar-refractivity contribution in [2.75, 3.05) is 13.7 Å². The Hall–Kier alpha value is -2.28. The van der Waals surface area contributed by atoms with Gasteiger partial charge in [-0.25, -0.2) is 14.2 Å². The maximum absolute atomic E-state index is 13.9. The second-order valence-corrected chi connectivity index (χ2v) is 4.50. The summed E-state index contributed by atoms with van der Waals surface area (Å²) in [5.41, 5.74) is 0.436. The third-order valence-electron chi connectivity index (χ3n) is 3.09. The predicted molar refractivity (Wildman–Crippen MR) is 73.7 cm³/mol. The van der Waals surface area contributed by atoms with E-state index in [-0.39, 0.29) is 5.56 Å². The van der Waals surface area contributed by atoms with Crippen molar-refractivity contribution in [2.45, 2.75) is 19.8 Å². The van der Waals surface area contributed by atoms with E-state index >= 15 is 0 Å². The van der Waals surface area contributed by atoms with Crippen LogP contribution in [-0.4, -0.2) is 40.0 Å². The van der Waals surface area contributed by atoms with Gasteiger partial charge in [0, 0.05) is 19.1 Å². The normalized spacial score (nSPS) is 10.8. The summed E-state index contributed by atoms with van der Waals surface area (Å²) in [7, 11) is 1.59. The number of benzene rings is 1. The van der Waals surface area contributed by atoms with E-state index in [4.69, 9.17) is 9.84 Å². The largest absolute Gasteiger partial charge is 0.478 e. The van der Waals surface area contributed by atoms with Gasteiger partial charge in [-0.05, 0) is 24.1 Å². The van der Waals surface area contributed by atoms with Crippen LogP contribution < -0.4 is 0 Å². The molecule has 0 amide bonds. The Morgan fingerprint density at radius 3 is 2.86 bits per heavy atom. The van der Waals surface area contributed by atoms with Crippen LogP contribution in [0.4, 0.5) is 4.39 Å². The van der Waals surface area contributed by atoms with Crippen molar-refractivity contribution in [1.82, 2.24) is 15.2 Å². The van der Waals surface area contributed by atoms with E-state index < -0.39 is 11.8 Å². The van der Waals surface area contributed by atoms with Crippen molar-refractivity contribution < 1.29 is 19.0 Å². The highest BCUT2D eigenvalue weighted by Gasteiger charge is 2.17. The van der Waals surface area contributed by atoms with Gasteiger partial charge in [0.05, 0.1) is 12.2 Å². The molecule has 7 heteroatoms. The average Bonchev–Trinajstić information content (AvgIpc) is 2.93. The number of aromatic amines is 1. The number of rotatable bonds is 6. The lowest BCUT2D eigenvalue weighted by Crippen LogP contribution is -2.04. The molecule has 0 aliphatic carbocycles. The summed E-state index contributed by atoms with van der Waals surface area (Å²) in [5, 5.41) is 15.9. The smallest absolute Gasteiger partial charge is 0.338 e. The summed E-state index contributed by atoms with van der Waals surface area (Å²) >= 11 is 0. The number of aryl methyl sites for hydroxylation is 1. The first-order valence-corrected chi connectivity index (χ1v) is 6.53. The van der Waals surface area contributed by atoms with Crippen LogP contribution in [0.5, 0.6) is 0 Å². The fourth-order valence-corrected chi connectivity index (χ4v) is 1.96. The molecule has 0 unspecified atom stereocenters. The van der Waals surface area contributed by atoms with Crippen molar-refractivity contribution in [3.63, 3.8) is 0 Å². The van der Waals surface area contributed by atoms with E-state index in [0.717, 1.165) is 0 Å². The first kappa shape index (κ1) is 15.1. The van der Waals surface area contributed by atoms with Crippen molar-refractivity contribution in [3.05, 3.63) is 34.9 Å². The van der Waals surface area contributed by atoms with Crippen LogP contribution in [-0.2, 0) is 17.6 Å². The standard InChI is InChI=1S/C14H16FN3O3/c1-3-8-6-9(7-10(12(8)15)14(19)20)13-16-11(17-18-13)4-5-21-2/h6-7H,3-5H2,1-2H3,(H,19,20)(H,16,17,18). The Morgan fingerprint density at radius 1 is 1.48 bits per heavy atom. The molecule has 6 nitrogen and oxygen atoms in total. The first-order valence-electron chi connectivity index (χ1n) is 6.53. The molecule has 1 aromatic heterocycles. The number of carboxylic acid groups (broad SMARTS) is 1. The SMILES string of the molecule is CCc1cc(-c2n[nH]c(CCOC)n2)cc(C(=O)O)c1F. The van der Waals surface area contributed by atoms with Crippen LogP contribution in [0.1, 0.15) is 28.7 Å².